The van der Waals surface area contributed by atoms with E-state index in [2.05, 4.69) is 15.5 Å². The molecule has 0 fully saturated rings. The van der Waals surface area contributed by atoms with E-state index in [-0.39, 0.29) is 11.5 Å². The van der Waals surface area contributed by atoms with Crippen molar-refractivity contribution in [2.24, 2.45) is 0 Å². The molecule has 0 saturated heterocycles. The van der Waals surface area contributed by atoms with Crippen LogP contribution in [-0.2, 0) is 4.79 Å². The molecule has 0 aliphatic carbocycles. The van der Waals surface area contributed by atoms with Gasteiger partial charge in [0.25, 0.3) is 5.56 Å². The minimum atomic E-state index is -0.826. The van der Waals surface area contributed by atoms with E-state index in [1.54, 1.807) is 35.9 Å². The Morgan fingerprint density at radius 1 is 1.07 bits per heavy atom. The Morgan fingerprint density at radius 2 is 1.83 bits per heavy atom. The van der Waals surface area contributed by atoms with Gasteiger partial charge in [-0.2, -0.15) is 5.10 Å². The number of amides is 1. The van der Waals surface area contributed by atoms with E-state index in [9.17, 15) is 9.59 Å². The standard InChI is InChI=1S/C20H21N5O4/c1-12-10-13(2)24(22-12)18-6-7-19(26)25(23-18)14(3)20(27)21-15-4-5-16-17(11-15)29-9-8-28-16/h4-7,10-11,14H,8-9H2,1-3H3,(H,21,27)/t14-/m1/s1. The summed E-state index contributed by atoms with van der Waals surface area (Å²) in [5.74, 6) is 1.30. The summed E-state index contributed by atoms with van der Waals surface area (Å²) in [5, 5.41) is 11.5. The number of hydrogen-bond donors (Lipinski definition) is 1. The monoisotopic (exact) mass is 395 g/mol. The lowest BCUT2D eigenvalue weighted by Gasteiger charge is -2.20. The van der Waals surface area contributed by atoms with Crippen LogP contribution in [0.3, 0.4) is 0 Å². The van der Waals surface area contributed by atoms with E-state index < -0.39 is 6.04 Å². The number of hydrogen-bond acceptors (Lipinski definition) is 6. The minimum absolute atomic E-state index is 0.373. The molecule has 0 saturated carbocycles. The van der Waals surface area contributed by atoms with Gasteiger partial charge in [0.2, 0.25) is 5.91 Å². The Bertz CT molecular complexity index is 1130. The fourth-order valence-corrected chi connectivity index (χ4v) is 3.15. The van der Waals surface area contributed by atoms with Crippen molar-refractivity contribution in [3.05, 3.63) is 58.1 Å². The second kappa shape index (κ2) is 7.42. The lowest BCUT2D eigenvalue weighted by atomic mass is 10.2. The number of aromatic nitrogens is 4. The largest absolute Gasteiger partial charge is 0.486 e. The first kappa shape index (κ1) is 18.7. The van der Waals surface area contributed by atoms with Gasteiger partial charge >= 0.3 is 0 Å². The van der Waals surface area contributed by atoms with Crippen LogP contribution in [0, 0.1) is 13.8 Å². The molecule has 0 bridgehead atoms. The van der Waals surface area contributed by atoms with Gasteiger partial charge in [-0.25, -0.2) is 9.36 Å². The highest BCUT2D eigenvalue weighted by molar-refractivity contribution is 5.93. The zero-order chi connectivity index (χ0) is 20.5. The molecule has 29 heavy (non-hydrogen) atoms. The lowest BCUT2D eigenvalue weighted by molar-refractivity contribution is -0.119. The predicted molar refractivity (Wildman–Crippen MR) is 106 cm³/mol. The van der Waals surface area contributed by atoms with Crippen molar-refractivity contribution in [2.45, 2.75) is 26.8 Å². The maximum Gasteiger partial charge on any atom is 0.267 e. The fraction of sp³-hybridized carbons (Fsp3) is 0.300. The third-order valence-electron chi connectivity index (χ3n) is 4.59. The van der Waals surface area contributed by atoms with E-state index in [0.29, 0.717) is 36.2 Å². The highest BCUT2D eigenvalue weighted by Crippen LogP contribution is 2.32. The average molecular weight is 395 g/mol. The average Bonchev–Trinajstić information content (AvgIpc) is 3.05. The summed E-state index contributed by atoms with van der Waals surface area (Å²) in [5.41, 5.74) is 1.90. The summed E-state index contributed by atoms with van der Waals surface area (Å²) in [6, 6.07) is 9.21. The van der Waals surface area contributed by atoms with Crippen molar-refractivity contribution >= 4 is 11.6 Å². The number of rotatable bonds is 4. The highest BCUT2D eigenvalue weighted by Gasteiger charge is 2.20. The Morgan fingerprint density at radius 3 is 2.55 bits per heavy atom. The zero-order valence-electron chi connectivity index (χ0n) is 16.4. The van der Waals surface area contributed by atoms with Crippen LogP contribution in [0.4, 0.5) is 5.69 Å². The van der Waals surface area contributed by atoms with Crippen LogP contribution in [-0.4, -0.2) is 38.7 Å². The van der Waals surface area contributed by atoms with Crippen LogP contribution in [0.5, 0.6) is 11.5 Å². The minimum Gasteiger partial charge on any atom is -0.486 e. The summed E-state index contributed by atoms with van der Waals surface area (Å²) in [4.78, 5) is 25.1. The second-order valence-electron chi connectivity index (χ2n) is 6.84. The Balaban J connectivity index is 1.58. The summed E-state index contributed by atoms with van der Waals surface area (Å²) in [6.07, 6.45) is 0. The number of carbonyl (C=O) groups excluding carboxylic acids is 1. The molecule has 1 aliphatic heterocycles. The molecule has 150 valence electrons. The molecule has 0 radical (unpaired) electrons. The molecule has 9 heteroatoms. The van der Waals surface area contributed by atoms with Crippen molar-refractivity contribution < 1.29 is 14.3 Å². The molecule has 3 heterocycles. The zero-order valence-corrected chi connectivity index (χ0v) is 16.4. The molecule has 1 aliphatic rings. The summed E-state index contributed by atoms with van der Waals surface area (Å²) >= 11 is 0. The number of fused-ring (bicyclic) bond motifs is 1. The van der Waals surface area contributed by atoms with Gasteiger partial charge in [0.1, 0.15) is 19.3 Å². The van der Waals surface area contributed by atoms with Crippen LogP contribution in [0.1, 0.15) is 24.4 Å². The highest BCUT2D eigenvalue weighted by atomic mass is 16.6. The van der Waals surface area contributed by atoms with E-state index in [0.717, 1.165) is 16.1 Å². The first-order chi connectivity index (χ1) is 13.9. The van der Waals surface area contributed by atoms with Crippen LogP contribution in [0.2, 0.25) is 0 Å². The van der Waals surface area contributed by atoms with Crippen molar-refractivity contribution in [1.29, 1.82) is 0 Å². The summed E-state index contributed by atoms with van der Waals surface area (Å²) < 4.78 is 13.8. The number of ether oxygens (including phenoxy) is 2. The van der Waals surface area contributed by atoms with Crippen molar-refractivity contribution in [2.75, 3.05) is 18.5 Å². The molecule has 0 spiro atoms. The first-order valence-corrected chi connectivity index (χ1v) is 9.26. The fourth-order valence-electron chi connectivity index (χ4n) is 3.15. The molecule has 1 amide bonds. The van der Waals surface area contributed by atoms with Gasteiger partial charge < -0.3 is 14.8 Å². The normalized spacial score (nSPS) is 13.8. The topological polar surface area (TPSA) is 100 Å². The van der Waals surface area contributed by atoms with Gasteiger partial charge in [-0.1, -0.05) is 0 Å². The van der Waals surface area contributed by atoms with Gasteiger partial charge in [0.15, 0.2) is 17.3 Å². The summed E-state index contributed by atoms with van der Waals surface area (Å²) in [6.45, 7) is 6.35. The number of benzene rings is 1. The molecular formula is C20H21N5O4. The van der Waals surface area contributed by atoms with Gasteiger partial charge in [0, 0.05) is 23.5 Å². The first-order valence-electron chi connectivity index (χ1n) is 9.26. The van der Waals surface area contributed by atoms with Gasteiger partial charge in [-0.05, 0) is 45.0 Å². The van der Waals surface area contributed by atoms with Crippen molar-refractivity contribution in [3.63, 3.8) is 0 Å². The van der Waals surface area contributed by atoms with E-state index in [4.69, 9.17) is 9.47 Å². The lowest BCUT2D eigenvalue weighted by Crippen LogP contribution is -2.33. The van der Waals surface area contributed by atoms with Gasteiger partial charge in [-0.15, -0.1) is 5.10 Å². The molecule has 1 N–H and O–H groups in total. The molecule has 9 nitrogen and oxygen atoms in total. The van der Waals surface area contributed by atoms with E-state index in [1.807, 2.05) is 19.9 Å². The Kier molecular flexibility index (Phi) is 4.79. The van der Waals surface area contributed by atoms with Crippen LogP contribution >= 0.6 is 0 Å². The van der Waals surface area contributed by atoms with Crippen LogP contribution < -0.4 is 20.3 Å². The SMILES string of the molecule is Cc1cc(C)n(-c2ccc(=O)n([C@H](C)C(=O)Nc3ccc4c(c3)OCCO4)n2)n1. The third-order valence-corrected chi connectivity index (χ3v) is 4.59. The quantitative estimate of drug-likeness (QED) is 0.725. The number of carbonyl (C=O) groups is 1. The molecule has 1 aromatic carbocycles. The van der Waals surface area contributed by atoms with Crippen LogP contribution in [0.25, 0.3) is 5.82 Å². The van der Waals surface area contributed by atoms with Gasteiger partial charge in [0.05, 0.1) is 5.69 Å². The van der Waals surface area contributed by atoms with Crippen molar-refractivity contribution in [1.82, 2.24) is 19.6 Å². The maximum absolute atomic E-state index is 12.7. The van der Waals surface area contributed by atoms with Gasteiger partial charge in [-0.3, -0.25) is 9.59 Å². The number of nitrogens with zero attached hydrogens (tertiary/aromatic N) is 4. The molecular weight excluding hydrogens is 374 g/mol. The number of nitrogens with one attached hydrogen (secondary N) is 1. The summed E-state index contributed by atoms with van der Waals surface area (Å²) in [7, 11) is 0. The van der Waals surface area contributed by atoms with E-state index in [1.165, 1.54) is 6.07 Å². The molecule has 4 rings (SSSR count). The third kappa shape index (κ3) is 3.71. The number of aryl methyl sites for hydroxylation is 2. The molecule has 0 unspecified atom stereocenters. The Hall–Kier alpha value is -3.62. The smallest absolute Gasteiger partial charge is 0.267 e. The van der Waals surface area contributed by atoms with Crippen molar-refractivity contribution in [3.8, 4) is 17.3 Å². The predicted octanol–water partition coefficient (Wildman–Crippen LogP) is 2.02. The van der Waals surface area contributed by atoms with E-state index >= 15 is 0 Å². The molecule has 1 atom stereocenters. The molecule has 3 aromatic rings. The second-order valence-corrected chi connectivity index (χ2v) is 6.84. The molecule has 2 aromatic heterocycles. The Labute approximate surface area is 166 Å². The number of anilines is 1. The maximum atomic E-state index is 12.7. The van der Waals surface area contributed by atoms with Crippen LogP contribution in [0.15, 0.2) is 41.2 Å².